The molecule has 1 aliphatic carbocycles. The van der Waals surface area contributed by atoms with Gasteiger partial charge in [-0.1, -0.05) is 19.3 Å². The molecule has 0 atom stereocenters. The van der Waals surface area contributed by atoms with Gasteiger partial charge in [-0.3, -0.25) is 0 Å². The predicted octanol–water partition coefficient (Wildman–Crippen LogP) is 2.19. The maximum absolute atomic E-state index is 5.75. The molecule has 2 heteroatoms. The fourth-order valence-corrected chi connectivity index (χ4v) is 2.33. The third-order valence-corrected chi connectivity index (χ3v) is 3.71. The van der Waals surface area contributed by atoms with Crippen molar-refractivity contribution in [2.75, 3.05) is 26.3 Å². The third-order valence-electron chi connectivity index (χ3n) is 3.71. The summed E-state index contributed by atoms with van der Waals surface area (Å²) in [6, 6.07) is 0. The molecule has 0 aromatic heterocycles. The minimum atomic E-state index is 0.831. The van der Waals surface area contributed by atoms with Crippen molar-refractivity contribution < 1.29 is 4.74 Å². The Bertz CT molecular complexity index is 150. The first-order valence-electron chi connectivity index (χ1n) is 6.23. The van der Waals surface area contributed by atoms with Crippen LogP contribution in [0.5, 0.6) is 0 Å². The maximum atomic E-state index is 5.75. The van der Waals surface area contributed by atoms with Gasteiger partial charge in [0, 0.05) is 13.2 Å². The van der Waals surface area contributed by atoms with Gasteiger partial charge in [-0.05, 0) is 44.2 Å². The minimum Gasteiger partial charge on any atom is -0.381 e. The first kappa shape index (κ1) is 10.4. The second kappa shape index (κ2) is 5.72. The van der Waals surface area contributed by atoms with Crippen molar-refractivity contribution in [3.8, 4) is 0 Å². The number of piperidine rings is 1. The van der Waals surface area contributed by atoms with Crippen LogP contribution in [0, 0.1) is 11.8 Å². The Morgan fingerprint density at radius 1 is 1.00 bits per heavy atom. The summed E-state index contributed by atoms with van der Waals surface area (Å²) in [5, 5.41) is 3.39. The van der Waals surface area contributed by atoms with Crippen LogP contribution in [0.1, 0.15) is 38.5 Å². The lowest BCUT2D eigenvalue weighted by Gasteiger charge is -2.26. The molecule has 14 heavy (non-hydrogen) atoms. The van der Waals surface area contributed by atoms with Gasteiger partial charge in [-0.15, -0.1) is 0 Å². The van der Waals surface area contributed by atoms with Crippen LogP contribution >= 0.6 is 0 Å². The number of nitrogens with one attached hydrogen (secondary N) is 1. The molecule has 0 amide bonds. The predicted molar refractivity (Wildman–Crippen MR) is 58.4 cm³/mol. The molecule has 2 aliphatic rings. The van der Waals surface area contributed by atoms with E-state index < -0.39 is 0 Å². The van der Waals surface area contributed by atoms with Gasteiger partial charge in [0.15, 0.2) is 0 Å². The molecule has 1 N–H and O–H groups in total. The summed E-state index contributed by atoms with van der Waals surface area (Å²) in [6.07, 6.45) is 8.30. The van der Waals surface area contributed by atoms with Crippen LogP contribution in [0.4, 0.5) is 0 Å². The van der Waals surface area contributed by atoms with Crippen LogP contribution in [0.2, 0.25) is 0 Å². The average molecular weight is 197 g/mol. The lowest BCUT2D eigenvalue weighted by atomic mass is 9.83. The molecule has 1 aliphatic heterocycles. The van der Waals surface area contributed by atoms with Crippen LogP contribution in [0.25, 0.3) is 0 Å². The highest BCUT2D eigenvalue weighted by Crippen LogP contribution is 2.29. The van der Waals surface area contributed by atoms with Crippen molar-refractivity contribution in [1.82, 2.24) is 5.32 Å². The third kappa shape index (κ3) is 3.25. The molecule has 0 spiro atoms. The highest BCUT2D eigenvalue weighted by molar-refractivity contribution is 4.70. The Kier molecular flexibility index (Phi) is 4.26. The molecule has 1 saturated heterocycles. The SMILES string of the molecule is C1CC(CCOCC2CCNCC2)C1. The topological polar surface area (TPSA) is 21.3 Å². The van der Waals surface area contributed by atoms with E-state index in [1.54, 1.807) is 0 Å². The van der Waals surface area contributed by atoms with Gasteiger partial charge in [0.1, 0.15) is 0 Å². The molecule has 82 valence electrons. The first-order chi connectivity index (χ1) is 6.95. The first-order valence-corrected chi connectivity index (χ1v) is 6.23. The van der Waals surface area contributed by atoms with E-state index in [4.69, 9.17) is 4.74 Å². The number of hydrogen-bond acceptors (Lipinski definition) is 2. The fraction of sp³-hybridized carbons (Fsp3) is 1.00. The van der Waals surface area contributed by atoms with Gasteiger partial charge in [0.2, 0.25) is 0 Å². The fourth-order valence-electron chi connectivity index (χ4n) is 2.33. The van der Waals surface area contributed by atoms with E-state index in [0.29, 0.717) is 0 Å². The van der Waals surface area contributed by atoms with Gasteiger partial charge < -0.3 is 10.1 Å². The number of ether oxygens (including phenoxy) is 1. The smallest absolute Gasteiger partial charge is 0.0495 e. The Morgan fingerprint density at radius 3 is 2.43 bits per heavy atom. The second-order valence-electron chi connectivity index (χ2n) is 4.85. The molecule has 0 aromatic rings. The monoisotopic (exact) mass is 197 g/mol. The molecule has 1 saturated carbocycles. The zero-order valence-corrected chi connectivity index (χ0v) is 9.13. The van der Waals surface area contributed by atoms with Crippen molar-refractivity contribution in [3.05, 3.63) is 0 Å². The van der Waals surface area contributed by atoms with Crippen molar-refractivity contribution in [3.63, 3.8) is 0 Å². The van der Waals surface area contributed by atoms with E-state index in [-0.39, 0.29) is 0 Å². The number of rotatable bonds is 5. The zero-order valence-electron chi connectivity index (χ0n) is 9.13. The summed E-state index contributed by atoms with van der Waals surface area (Å²) in [7, 11) is 0. The summed E-state index contributed by atoms with van der Waals surface area (Å²) in [5.41, 5.74) is 0. The van der Waals surface area contributed by atoms with E-state index in [1.165, 1.54) is 51.6 Å². The summed E-state index contributed by atoms with van der Waals surface area (Å²) in [5.74, 6) is 1.83. The van der Waals surface area contributed by atoms with Crippen LogP contribution < -0.4 is 5.32 Å². The van der Waals surface area contributed by atoms with Gasteiger partial charge in [-0.2, -0.15) is 0 Å². The quantitative estimate of drug-likeness (QED) is 0.682. The lowest BCUT2D eigenvalue weighted by Crippen LogP contribution is -2.30. The van der Waals surface area contributed by atoms with E-state index in [2.05, 4.69) is 5.32 Å². The average Bonchev–Trinajstić information content (AvgIpc) is 2.16. The molecular weight excluding hydrogens is 174 g/mol. The van der Waals surface area contributed by atoms with E-state index >= 15 is 0 Å². The molecule has 0 radical (unpaired) electrons. The summed E-state index contributed by atoms with van der Waals surface area (Å²) < 4.78 is 5.75. The van der Waals surface area contributed by atoms with Crippen molar-refractivity contribution in [2.24, 2.45) is 11.8 Å². The van der Waals surface area contributed by atoms with Crippen molar-refractivity contribution >= 4 is 0 Å². The highest BCUT2D eigenvalue weighted by atomic mass is 16.5. The molecule has 2 rings (SSSR count). The van der Waals surface area contributed by atoms with Crippen LogP contribution in [0.15, 0.2) is 0 Å². The molecule has 2 nitrogen and oxygen atoms in total. The summed E-state index contributed by atoms with van der Waals surface area (Å²) >= 11 is 0. The lowest BCUT2D eigenvalue weighted by molar-refractivity contribution is 0.0701. The normalized spacial score (nSPS) is 24.9. The Morgan fingerprint density at radius 2 is 1.79 bits per heavy atom. The highest BCUT2D eigenvalue weighted by Gasteiger charge is 2.17. The largest absolute Gasteiger partial charge is 0.381 e. The molecule has 2 fully saturated rings. The Labute approximate surface area is 87.4 Å². The molecule has 0 bridgehead atoms. The van der Waals surface area contributed by atoms with Gasteiger partial charge >= 0.3 is 0 Å². The van der Waals surface area contributed by atoms with Crippen molar-refractivity contribution in [2.45, 2.75) is 38.5 Å². The van der Waals surface area contributed by atoms with Gasteiger partial charge in [-0.25, -0.2) is 0 Å². The zero-order chi connectivity index (χ0) is 9.64. The standard InChI is InChI=1S/C12H23NO/c1-2-11(3-1)6-9-14-10-12-4-7-13-8-5-12/h11-13H,1-10H2. The van der Waals surface area contributed by atoms with Gasteiger partial charge in [0.05, 0.1) is 0 Å². The van der Waals surface area contributed by atoms with Crippen LogP contribution in [0.3, 0.4) is 0 Å². The number of hydrogen-bond donors (Lipinski definition) is 1. The Hall–Kier alpha value is -0.0800. The van der Waals surface area contributed by atoms with E-state index in [1.807, 2.05) is 0 Å². The van der Waals surface area contributed by atoms with E-state index in [9.17, 15) is 0 Å². The summed E-state index contributed by atoms with van der Waals surface area (Å²) in [4.78, 5) is 0. The molecule has 0 unspecified atom stereocenters. The van der Waals surface area contributed by atoms with Crippen LogP contribution in [-0.4, -0.2) is 26.3 Å². The van der Waals surface area contributed by atoms with E-state index in [0.717, 1.165) is 25.0 Å². The maximum Gasteiger partial charge on any atom is 0.0495 e. The Balaban J connectivity index is 1.45. The molecule has 1 heterocycles. The van der Waals surface area contributed by atoms with Gasteiger partial charge in [0.25, 0.3) is 0 Å². The van der Waals surface area contributed by atoms with Crippen LogP contribution in [-0.2, 0) is 4.74 Å². The molecular formula is C12H23NO. The van der Waals surface area contributed by atoms with Crippen molar-refractivity contribution in [1.29, 1.82) is 0 Å². The minimum absolute atomic E-state index is 0.831. The molecule has 0 aromatic carbocycles. The second-order valence-corrected chi connectivity index (χ2v) is 4.85. The summed E-state index contributed by atoms with van der Waals surface area (Å²) in [6.45, 7) is 4.40.